The van der Waals surface area contributed by atoms with E-state index in [1.54, 1.807) is 0 Å². The van der Waals surface area contributed by atoms with E-state index in [0.717, 1.165) is 71.2 Å². The third kappa shape index (κ3) is 2.85. The molecule has 0 saturated carbocycles. The lowest BCUT2D eigenvalue weighted by Gasteiger charge is -2.36. The van der Waals surface area contributed by atoms with Crippen molar-refractivity contribution in [2.45, 2.75) is 6.92 Å². The standard InChI is InChI=1S/C21H22BrN5O/c1-14-19(22)21(26-7-9-28-10-8-26)24-20-17(13-25(2)27(14)20)16-11-15-5-3-4-6-18(15)23-12-16/h3-6,11-12H,7-10,13H2,1-2H3. The molecule has 2 aromatic rings. The van der Waals surface area contributed by atoms with Gasteiger partial charge in [0, 0.05) is 49.4 Å². The Balaban J connectivity index is 1.63. The molecule has 0 N–H and O–H groups in total. The van der Waals surface area contributed by atoms with Gasteiger partial charge < -0.3 is 9.64 Å². The first kappa shape index (κ1) is 17.8. The molecule has 3 aliphatic rings. The normalized spacial score (nSPS) is 20.9. The van der Waals surface area contributed by atoms with Gasteiger partial charge in [0.1, 0.15) is 5.84 Å². The number of aliphatic imine (C=N–C) groups is 1. The molecular weight excluding hydrogens is 418 g/mol. The number of aromatic nitrogens is 1. The molecule has 0 aliphatic carbocycles. The highest BCUT2D eigenvalue weighted by molar-refractivity contribution is 9.12. The fourth-order valence-electron chi connectivity index (χ4n) is 4.03. The number of hydrazine groups is 1. The fraction of sp³-hybridized carbons (Fsp3) is 0.333. The summed E-state index contributed by atoms with van der Waals surface area (Å²) in [5.74, 6) is 1.98. The van der Waals surface area contributed by atoms with E-state index in [9.17, 15) is 0 Å². The summed E-state index contributed by atoms with van der Waals surface area (Å²) in [6.45, 7) is 6.13. The Hall–Kier alpha value is -2.22. The topological polar surface area (TPSA) is 44.2 Å². The van der Waals surface area contributed by atoms with Gasteiger partial charge in [0.2, 0.25) is 0 Å². The number of para-hydroxylation sites is 1. The van der Waals surface area contributed by atoms with E-state index in [4.69, 9.17) is 9.73 Å². The smallest absolute Gasteiger partial charge is 0.155 e. The summed E-state index contributed by atoms with van der Waals surface area (Å²) in [4.78, 5) is 12.1. The number of halogens is 1. The largest absolute Gasteiger partial charge is 0.378 e. The average molecular weight is 440 g/mol. The van der Waals surface area contributed by atoms with E-state index >= 15 is 0 Å². The van der Waals surface area contributed by atoms with E-state index in [1.807, 2.05) is 18.3 Å². The van der Waals surface area contributed by atoms with Crippen molar-refractivity contribution in [1.29, 1.82) is 0 Å². The summed E-state index contributed by atoms with van der Waals surface area (Å²) in [5, 5.41) is 5.55. The van der Waals surface area contributed by atoms with Crippen molar-refractivity contribution in [1.82, 2.24) is 19.9 Å². The number of hydrogen-bond acceptors (Lipinski definition) is 6. The second-order valence-electron chi connectivity index (χ2n) is 7.28. The second kappa shape index (κ2) is 6.99. The lowest BCUT2D eigenvalue weighted by atomic mass is 10.1. The Morgan fingerprint density at radius 1 is 1.14 bits per heavy atom. The Kier molecular flexibility index (Phi) is 4.45. The van der Waals surface area contributed by atoms with Crippen molar-refractivity contribution in [2.24, 2.45) is 4.99 Å². The number of likely N-dealkylation sites (N-methyl/N-ethyl adjacent to an activating group) is 1. The van der Waals surface area contributed by atoms with Crippen LogP contribution in [0.3, 0.4) is 0 Å². The first-order valence-corrected chi connectivity index (χ1v) is 10.3. The molecule has 1 aromatic carbocycles. The third-order valence-electron chi connectivity index (χ3n) is 5.49. The molecule has 1 saturated heterocycles. The van der Waals surface area contributed by atoms with E-state index in [0.29, 0.717) is 0 Å². The number of nitrogens with zero attached hydrogens (tertiary/aromatic N) is 5. The van der Waals surface area contributed by atoms with Crippen LogP contribution in [-0.4, -0.2) is 65.6 Å². The van der Waals surface area contributed by atoms with Crippen molar-refractivity contribution in [2.75, 3.05) is 39.9 Å². The zero-order chi connectivity index (χ0) is 19.3. The Morgan fingerprint density at radius 3 is 2.75 bits per heavy atom. The molecule has 6 nitrogen and oxygen atoms in total. The monoisotopic (exact) mass is 439 g/mol. The maximum Gasteiger partial charge on any atom is 0.155 e. The van der Waals surface area contributed by atoms with Crippen LogP contribution < -0.4 is 0 Å². The van der Waals surface area contributed by atoms with Crippen LogP contribution in [0.2, 0.25) is 0 Å². The number of benzene rings is 1. The third-order valence-corrected chi connectivity index (χ3v) is 6.42. The fourth-order valence-corrected chi connectivity index (χ4v) is 4.54. The minimum Gasteiger partial charge on any atom is -0.378 e. The van der Waals surface area contributed by atoms with Crippen molar-refractivity contribution >= 4 is 38.2 Å². The van der Waals surface area contributed by atoms with Gasteiger partial charge >= 0.3 is 0 Å². The number of hydrogen-bond donors (Lipinski definition) is 0. The molecule has 0 bridgehead atoms. The number of rotatable bonds is 1. The number of allylic oxidation sites excluding steroid dienone is 1. The predicted octanol–water partition coefficient (Wildman–Crippen LogP) is 3.44. The molecule has 3 aliphatic heterocycles. The van der Waals surface area contributed by atoms with E-state index in [-0.39, 0.29) is 0 Å². The van der Waals surface area contributed by atoms with Crippen molar-refractivity contribution < 1.29 is 4.74 Å². The molecule has 28 heavy (non-hydrogen) atoms. The second-order valence-corrected chi connectivity index (χ2v) is 8.07. The van der Waals surface area contributed by atoms with Gasteiger partial charge in [-0.2, -0.15) is 0 Å². The van der Waals surface area contributed by atoms with Crippen LogP contribution in [0.4, 0.5) is 0 Å². The number of morpholine rings is 1. The van der Waals surface area contributed by atoms with Crippen molar-refractivity contribution in [3.8, 4) is 0 Å². The minimum atomic E-state index is 0.739. The quantitative estimate of drug-likeness (QED) is 0.680. The van der Waals surface area contributed by atoms with Gasteiger partial charge in [0.15, 0.2) is 5.82 Å². The molecule has 0 atom stereocenters. The van der Waals surface area contributed by atoms with Crippen LogP contribution in [0.15, 0.2) is 57.5 Å². The maximum absolute atomic E-state index is 5.52. The Labute approximate surface area is 172 Å². The molecule has 1 fully saturated rings. The van der Waals surface area contributed by atoms with Gasteiger partial charge in [-0.15, -0.1) is 0 Å². The number of fused-ring (bicyclic) bond motifs is 2. The highest BCUT2D eigenvalue weighted by Gasteiger charge is 2.36. The summed E-state index contributed by atoms with van der Waals surface area (Å²) >= 11 is 3.79. The van der Waals surface area contributed by atoms with Gasteiger partial charge in [-0.05, 0) is 35.0 Å². The molecule has 7 heteroatoms. The Morgan fingerprint density at radius 2 is 1.93 bits per heavy atom. The summed E-state index contributed by atoms with van der Waals surface area (Å²) in [6.07, 6.45) is 1.97. The van der Waals surface area contributed by atoms with Gasteiger partial charge in [-0.3, -0.25) is 9.99 Å². The highest BCUT2D eigenvalue weighted by atomic mass is 79.9. The molecule has 4 heterocycles. The zero-order valence-electron chi connectivity index (χ0n) is 16.0. The molecule has 1 aromatic heterocycles. The zero-order valence-corrected chi connectivity index (χ0v) is 17.6. The number of ether oxygens (including phenoxy) is 1. The number of amidine groups is 1. The molecular formula is C21H22BrN5O. The maximum atomic E-state index is 5.52. The highest BCUT2D eigenvalue weighted by Crippen LogP contribution is 2.39. The summed E-state index contributed by atoms with van der Waals surface area (Å²) in [7, 11) is 2.10. The van der Waals surface area contributed by atoms with Gasteiger partial charge in [-0.25, -0.2) is 10.0 Å². The number of pyridine rings is 1. The van der Waals surface area contributed by atoms with Gasteiger partial charge in [-0.1, -0.05) is 18.2 Å². The van der Waals surface area contributed by atoms with Crippen LogP contribution >= 0.6 is 15.9 Å². The van der Waals surface area contributed by atoms with Crippen LogP contribution in [0.25, 0.3) is 16.5 Å². The molecule has 0 unspecified atom stereocenters. The molecule has 0 amide bonds. The Bertz CT molecular complexity index is 1040. The molecule has 0 spiro atoms. The lowest BCUT2D eigenvalue weighted by Crippen LogP contribution is -2.44. The molecule has 144 valence electrons. The van der Waals surface area contributed by atoms with Gasteiger partial charge in [0.05, 0.1) is 28.9 Å². The van der Waals surface area contributed by atoms with E-state index in [1.165, 1.54) is 5.57 Å². The van der Waals surface area contributed by atoms with Crippen molar-refractivity contribution in [3.63, 3.8) is 0 Å². The molecule has 0 radical (unpaired) electrons. The first-order chi connectivity index (χ1) is 13.6. The predicted molar refractivity (Wildman–Crippen MR) is 115 cm³/mol. The molecule has 5 rings (SSSR count). The van der Waals surface area contributed by atoms with E-state index < -0.39 is 0 Å². The minimum absolute atomic E-state index is 0.739. The van der Waals surface area contributed by atoms with E-state index in [2.05, 4.69) is 68.0 Å². The van der Waals surface area contributed by atoms with Crippen LogP contribution in [0.5, 0.6) is 0 Å². The lowest BCUT2D eigenvalue weighted by molar-refractivity contribution is 0.0669. The van der Waals surface area contributed by atoms with Gasteiger partial charge in [0.25, 0.3) is 0 Å². The summed E-state index contributed by atoms with van der Waals surface area (Å²) in [5.41, 5.74) is 4.49. The summed E-state index contributed by atoms with van der Waals surface area (Å²) < 4.78 is 6.57. The van der Waals surface area contributed by atoms with Crippen molar-refractivity contribution in [3.05, 3.63) is 58.1 Å². The SMILES string of the molecule is CC1=C(Br)C(N2CCOCC2)=NC2=C(c3cnc4ccccc4c3)CN(C)N12. The van der Waals surface area contributed by atoms with Crippen LogP contribution in [0, 0.1) is 0 Å². The van der Waals surface area contributed by atoms with Crippen LogP contribution in [0.1, 0.15) is 12.5 Å². The first-order valence-electron chi connectivity index (χ1n) is 9.51. The average Bonchev–Trinajstić information content (AvgIpc) is 3.07. The van der Waals surface area contributed by atoms with Crippen LogP contribution in [-0.2, 0) is 4.74 Å². The summed E-state index contributed by atoms with van der Waals surface area (Å²) in [6, 6.07) is 10.4.